The molecule has 0 bridgehead atoms. The number of aliphatic hydroxyl groups excluding tert-OH is 1. The van der Waals surface area contributed by atoms with Gasteiger partial charge in [0.25, 0.3) is 0 Å². The van der Waals surface area contributed by atoms with Crippen molar-refractivity contribution in [3.05, 3.63) is 44.7 Å². The van der Waals surface area contributed by atoms with Crippen molar-refractivity contribution < 1.29 is 9.84 Å². The van der Waals surface area contributed by atoms with Crippen LogP contribution in [-0.2, 0) is 0 Å². The van der Waals surface area contributed by atoms with Gasteiger partial charge in [0.05, 0.1) is 12.0 Å². The molecule has 2 rings (SSSR count). The number of thiophene rings is 1. The topological polar surface area (TPSA) is 42.4 Å². The molecule has 3 nitrogen and oxygen atoms in total. The molecule has 2 aromatic rings. The number of aromatic nitrogens is 1. The first-order valence-electron chi connectivity index (χ1n) is 4.63. The van der Waals surface area contributed by atoms with Crippen LogP contribution in [0.4, 0.5) is 0 Å². The van der Waals surface area contributed by atoms with Crippen LogP contribution in [0, 0.1) is 0 Å². The molecule has 1 atom stereocenters. The van der Waals surface area contributed by atoms with Gasteiger partial charge in [-0.3, -0.25) is 0 Å². The van der Waals surface area contributed by atoms with Crippen LogP contribution in [0.15, 0.2) is 34.2 Å². The van der Waals surface area contributed by atoms with E-state index >= 15 is 0 Å². The zero-order chi connectivity index (χ0) is 11.5. The van der Waals surface area contributed by atoms with Crippen molar-refractivity contribution in [2.45, 2.75) is 6.10 Å². The summed E-state index contributed by atoms with van der Waals surface area (Å²) in [5.41, 5.74) is 0.754. The van der Waals surface area contributed by atoms with Gasteiger partial charge in [0.2, 0.25) is 5.88 Å². The first kappa shape index (κ1) is 11.6. The fourth-order valence-electron chi connectivity index (χ4n) is 1.33. The first-order valence-corrected chi connectivity index (χ1v) is 6.30. The number of rotatable bonds is 3. The van der Waals surface area contributed by atoms with Gasteiger partial charge in [-0.2, -0.15) is 0 Å². The lowest BCUT2D eigenvalue weighted by molar-refractivity contribution is 0.223. The summed E-state index contributed by atoms with van der Waals surface area (Å²) in [4.78, 5) is 4.95. The molecule has 0 amide bonds. The van der Waals surface area contributed by atoms with Crippen LogP contribution in [0.25, 0.3) is 0 Å². The summed E-state index contributed by atoms with van der Waals surface area (Å²) in [6.07, 6.45) is 0.975. The highest BCUT2D eigenvalue weighted by molar-refractivity contribution is 9.10. The molecule has 0 aliphatic rings. The van der Waals surface area contributed by atoms with Gasteiger partial charge >= 0.3 is 0 Å². The molecule has 0 aliphatic carbocycles. The van der Waals surface area contributed by atoms with E-state index in [1.807, 2.05) is 17.5 Å². The maximum atomic E-state index is 10.1. The number of pyridine rings is 1. The highest BCUT2D eigenvalue weighted by Gasteiger charge is 2.15. The average Bonchev–Trinajstić information content (AvgIpc) is 2.75. The number of aliphatic hydroxyl groups is 1. The van der Waals surface area contributed by atoms with E-state index in [9.17, 15) is 5.11 Å². The Labute approximate surface area is 106 Å². The third kappa shape index (κ3) is 2.26. The molecule has 0 saturated carbocycles. The van der Waals surface area contributed by atoms with Crippen molar-refractivity contribution in [3.63, 3.8) is 0 Å². The monoisotopic (exact) mass is 299 g/mol. The summed E-state index contributed by atoms with van der Waals surface area (Å²) in [7, 11) is 1.56. The summed E-state index contributed by atoms with van der Waals surface area (Å²) in [6, 6.07) is 5.46. The molecule has 2 heterocycles. The fourth-order valence-corrected chi connectivity index (χ4v) is 2.93. The van der Waals surface area contributed by atoms with E-state index in [0.29, 0.717) is 5.88 Å². The standard InChI is InChI=1S/C11H10BrNO2S/c1-15-9-3-2-7(6-13-9)10(14)11-8(12)4-5-16-11/h2-6,10,14H,1H3. The normalized spacial score (nSPS) is 12.4. The fraction of sp³-hybridized carbons (Fsp3) is 0.182. The minimum atomic E-state index is -0.646. The Morgan fingerprint density at radius 2 is 2.25 bits per heavy atom. The second kappa shape index (κ2) is 4.95. The Hall–Kier alpha value is -0.910. The van der Waals surface area contributed by atoms with Crippen LogP contribution in [0.2, 0.25) is 0 Å². The van der Waals surface area contributed by atoms with Crippen LogP contribution in [0.3, 0.4) is 0 Å². The third-order valence-corrected chi connectivity index (χ3v) is 4.10. The van der Waals surface area contributed by atoms with E-state index in [-0.39, 0.29) is 0 Å². The quantitative estimate of drug-likeness (QED) is 0.947. The Balaban J connectivity index is 2.27. The van der Waals surface area contributed by atoms with Crippen LogP contribution >= 0.6 is 27.3 Å². The smallest absolute Gasteiger partial charge is 0.212 e. The predicted molar refractivity (Wildman–Crippen MR) is 66.9 cm³/mol. The molecule has 1 unspecified atom stereocenters. The zero-order valence-corrected chi connectivity index (χ0v) is 11.0. The maximum Gasteiger partial charge on any atom is 0.212 e. The molecule has 1 N–H and O–H groups in total. The average molecular weight is 300 g/mol. The number of hydrogen-bond donors (Lipinski definition) is 1. The lowest BCUT2D eigenvalue weighted by atomic mass is 10.1. The highest BCUT2D eigenvalue weighted by Crippen LogP contribution is 2.32. The van der Waals surface area contributed by atoms with E-state index in [4.69, 9.17) is 4.74 Å². The van der Waals surface area contributed by atoms with Crippen molar-refractivity contribution in [1.82, 2.24) is 4.98 Å². The van der Waals surface area contributed by atoms with Crippen LogP contribution < -0.4 is 4.74 Å². The molecular weight excluding hydrogens is 290 g/mol. The number of nitrogens with zero attached hydrogens (tertiary/aromatic N) is 1. The first-order chi connectivity index (χ1) is 7.72. The Bertz CT molecular complexity index is 469. The lowest BCUT2D eigenvalue weighted by Gasteiger charge is -2.09. The third-order valence-electron chi connectivity index (χ3n) is 2.18. The van der Waals surface area contributed by atoms with Gasteiger partial charge in [-0.25, -0.2) is 4.98 Å². The van der Waals surface area contributed by atoms with Crippen molar-refractivity contribution in [3.8, 4) is 5.88 Å². The summed E-state index contributed by atoms with van der Waals surface area (Å²) in [5, 5.41) is 12.1. The number of methoxy groups -OCH3 is 1. The van der Waals surface area contributed by atoms with Crippen molar-refractivity contribution in [1.29, 1.82) is 0 Å². The second-order valence-corrected chi connectivity index (χ2v) is 4.97. The molecule has 2 aromatic heterocycles. The van der Waals surface area contributed by atoms with Crippen LogP contribution in [0.1, 0.15) is 16.5 Å². The Morgan fingerprint density at radius 1 is 1.44 bits per heavy atom. The number of ether oxygens (including phenoxy) is 1. The van der Waals surface area contributed by atoms with E-state index in [0.717, 1.165) is 14.9 Å². The molecular formula is C11H10BrNO2S. The van der Waals surface area contributed by atoms with Gasteiger partial charge in [0.15, 0.2) is 0 Å². The van der Waals surface area contributed by atoms with Crippen molar-refractivity contribution >= 4 is 27.3 Å². The summed E-state index contributed by atoms with van der Waals surface area (Å²) < 4.78 is 5.88. The predicted octanol–water partition coefficient (Wildman–Crippen LogP) is 3.00. The van der Waals surface area contributed by atoms with Crippen LogP contribution in [-0.4, -0.2) is 17.2 Å². The number of halogens is 1. The molecule has 0 aromatic carbocycles. The molecule has 0 fully saturated rings. The van der Waals surface area contributed by atoms with Crippen molar-refractivity contribution in [2.24, 2.45) is 0 Å². The van der Waals surface area contributed by atoms with E-state index < -0.39 is 6.10 Å². The maximum absolute atomic E-state index is 10.1. The second-order valence-electron chi connectivity index (χ2n) is 3.17. The highest BCUT2D eigenvalue weighted by atomic mass is 79.9. The summed E-state index contributed by atoms with van der Waals surface area (Å²) in [6.45, 7) is 0. The summed E-state index contributed by atoms with van der Waals surface area (Å²) in [5.74, 6) is 0.543. The molecule has 16 heavy (non-hydrogen) atoms. The van der Waals surface area contributed by atoms with Gasteiger partial charge in [-0.05, 0) is 33.4 Å². The van der Waals surface area contributed by atoms with Gasteiger partial charge < -0.3 is 9.84 Å². The van der Waals surface area contributed by atoms with Crippen LogP contribution in [0.5, 0.6) is 5.88 Å². The SMILES string of the molecule is COc1ccc(C(O)c2sccc2Br)cn1. The van der Waals surface area contributed by atoms with E-state index in [2.05, 4.69) is 20.9 Å². The molecule has 0 aliphatic heterocycles. The minimum Gasteiger partial charge on any atom is -0.481 e. The van der Waals surface area contributed by atoms with E-state index in [1.165, 1.54) is 11.3 Å². The molecule has 0 spiro atoms. The van der Waals surface area contributed by atoms with E-state index in [1.54, 1.807) is 19.4 Å². The molecule has 0 radical (unpaired) electrons. The Morgan fingerprint density at radius 3 is 2.75 bits per heavy atom. The van der Waals surface area contributed by atoms with Crippen molar-refractivity contribution in [2.75, 3.05) is 7.11 Å². The Kier molecular flexibility index (Phi) is 3.58. The van der Waals surface area contributed by atoms with Gasteiger partial charge in [-0.1, -0.05) is 0 Å². The lowest BCUT2D eigenvalue weighted by Crippen LogP contribution is -1.99. The largest absolute Gasteiger partial charge is 0.481 e. The molecule has 84 valence electrons. The number of hydrogen-bond acceptors (Lipinski definition) is 4. The zero-order valence-electron chi connectivity index (χ0n) is 8.55. The minimum absolute atomic E-state index is 0.543. The van der Waals surface area contributed by atoms with Gasteiger partial charge in [0.1, 0.15) is 6.10 Å². The molecule has 0 saturated heterocycles. The van der Waals surface area contributed by atoms with Gasteiger partial charge in [-0.15, -0.1) is 11.3 Å². The summed E-state index contributed by atoms with van der Waals surface area (Å²) >= 11 is 4.90. The molecule has 5 heteroatoms. The van der Waals surface area contributed by atoms with Gasteiger partial charge in [0, 0.05) is 22.3 Å².